The van der Waals surface area contributed by atoms with E-state index < -0.39 is 0 Å². The molecule has 1 N–H and O–H groups in total. The zero-order valence-corrected chi connectivity index (χ0v) is 15.9. The first kappa shape index (κ1) is 20.2. The van der Waals surface area contributed by atoms with Crippen LogP contribution in [0.1, 0.15) is 16.7 Å². The van der Waals surface area contributed by atoms with Crippen molar-refractivity contribution >= 4 is 12.4 Å². The Hall–Kier alpha value is -2.13. The lowest BCUT2D eigenvalue weighted by molar-refractivity contribution is 0.256. The molecule has 3 aromatic carbocycles. The van der Waals surface area contributed by atoms with E-state index in [0.29, 0.717) is 0 Å². The molecule has 0 atom stereocenters. The lowest BCUT2D eigenvalue weighted by Gasteiger charge is -2.23. The van der Waals surface area contributed by atoms with E-state index in [0.717, 1.165) is 32.7 Å². The van der Waals surface area contributed by atoms with Crippen LogP contribution in [-0.4, -0.2) is 18.0 Å². The van der Waals surface area contributed by atoms with Crippen molar-refractivity contribution in [2.24, 2.45) is 0 Å². The van der Waals surface area contributed by atoms with Crippen LogP contribution < -0.4 is 5.32 Å². The van der Waals surface area contributed by atoms with Gasteiger partial charge in [-0.05, 0) is 16.7 Å². The van der Waals surface area contributed by atoms with E-state index in [1.54, 1.807) is 0 Å². The lowest BCUT2D eigenvalue weighted by atomic mass is 10.1. The average molecular weight is 367 g/mol. The van der Waals surface area contributed by atoms with Gasteiger partial charge >= 0.3 is 0 Å². The van der Waals surface area contributed by atoms with Crippen molar-refractivity contribution in [1.82, 2.24) is 10.2 Å². The highest BCUT2D eigenvalue weighted by molar-refractivity contribution is 5.85. The van der Waals surface area contributed by atoms with E-state index in [1.807, 2.05) is 0 Å². The molecular formula is C23H27ClN2. The van der Waals surface area contributed by atoms with Crippen LogP contribution in [0, 0.1) is 0 Å². The van der Waals surface area contributed by atoms with Crippen molar-refractivity contribution in [2.45, 2.75) is 19.6 Å². The second kappa shape index (κ2) is 11.5. The van der Waals surface area contributed by atoms with Crippen molar-refractivity contribution in [3.8, 4) is 0 Å². The highest BCUT2D eigenvalue weighted by Crippen LogP contribution is 2.09. The van der Waals surface area contributed by atoms with Crippen LogP contribution in [0.25, 0.3) is 0 Å². The van der Waals surface area contributed by atoms with E-state index >= 15 is 0 Å². The van der Waals surface area contributed by atoms with Crippen LogP contribution in [0.5, 0.6) is 0 Å². The largest absolute Gasteiger partial charge is 0.311 e. The van der Waals surface area contributed by atoms with Gasteiger partial charge in [0.2, 0.25) is 0 Å². The van der Waals surface area contributed by atoms with Gasteiger partial charge < -0.3 is 5.32 Å². The van der Waals surface area contributed by atoms with Gasteiger partial charge in [0.25, 0.3) is 0 Å². The van der Waals surface area contributed by atoms with Gasteiger partial charge in [-0.1, -0.05) is 91.0 Å². The molecule has 2 nitrogen and oxygen atoms in total. The summed E-state index contributed by atoms with van der Waals surface area (Å²) in [6.45, 7) is 4.88. The summed E-state index contributed by atoms with van der Waals surface area (Å²) in [6.07, 6.45) is 0. The first-order valence-electron chi connectivity index (χ1n) is 8.95. The van der Waals surface area contributed by atoms with Crippen LogP contribution in [0.2, 0.25) is 0 Å². The summed E-state index contributed by atoms with van der Waals surface area (Å²) in [5.74, 6) is 0. The van der Waals surface area contributed by atoms with E-state index in [9.17, 15) is 0 Å². The monoisotopic (exact) mass is 366 g/mol. The van der Waals surface area contributed by atoms with E-state index in [-0.39, 0.29) is 12.4 Å². The number of nitrogens with zero attached hydrogens (tertiary/aromatic N) is 1. The number of nitrogens with one attached hydrogen (secondary N) is 1. The number of hydrogen-bond donors (Lipinski definition) is 1. The van der Waals surface area contributed by atoms with Crippen LogP contribution in [0.4, 0.5) is 0 Å². The van der Waals surface area contributed by atoms with Crippen LogP contribution >= 0.6 is 12.4 Å². The third-order valence-corrected chi connectivity index (χ3v) is 4.27. The minimum absolute atomic E-state index is 0. The van der Waals surface area contributed by atoms with Gasteiger partial charge in [0.1, 0.15) is 0 Å². The molecule has 0 heterocycles. The molecule has 0 spiro atoms. The standard InChI is InChI=1S/C23H26N2.ClH/c1-4-10-21(11-5-1)18-24-16-17-25(19-22-12-6-2-7-13-22)20-23-14-8-3-9-15-23;/h1-15,24H,16-20H2;1H. The van der Waals surface area contributed by atoms with Crippen molar-refractivity contribution in [2.75, 3.05) is 13.1 Å². The molecule has 0 fully saturated rings. The zero-order valence-electron chi connectivity index (χ0n) is 15.1. The number of benzene rings is 3. The molecule has 26 heavy (non-hydrogen) atoms. The van der Waals surface area contributed by atoms with Gasteiger partial charge in [-0.3, -0.25) is 4.90 Å². The fraction of sp³-hybridized carbons (Fsp3) is 0.217. The van der Waals surface area contributed by atoms with Gasteiger partial charge in [0.05, 0.1) is 0 Å². The van der Waals surface area contributed by atoms with E-state index in [1.165, 1.54) is 16.7 Å². The summed E-state index contributed by atoms with van der Waals surface area (Å²) in [7, 11) is 0. The molecule has 0 aliphatic carbocycles. The zero-order chi connectivity index (χ0) is 17.2. The molecule has 3 rings (SSSR count). The topological polar surface area (TPSA) is 15.3 Å². The molecule has 3 heteroatoms. The van der Waals surface area contributed by atoms with Crippen LogP contribution in [0.15, 0.2) is 91.0 Å². The highest BCUT2D eigenvalue weighted by Gasteiger charge is 2.07. The summed E-state index contributed by atoms with van der Waals surface area (Å²) in [6, 6.07) is 32.0. The molecule has 3 aromatic rings. The Morgan fingerprint density at radius 2 is 1.00 bits per heavy atom. The van der Waals surface area contributed by atoms with Gasteiger partial charge in [0, 0.05) is 32.7 Å². The van der Waals surface area contributed by atoms with Crippen LogP contribution in [0.3, 0.4) is 0 Å². The normalized spacial score (nSPS) is 10.5. The third kappa shape index (κ3) is 7.01. The predicted octanol–water partition coefficient (Wildman–Crippen LogP) is 4.90. The SMILES string of the molecule is Cl.c1ccc(CNCCN(Cc2ccccc2)Cc2ccccc2)cc1. The Kier molecular flexibility index (Phi) is 8.91. The first-order valence-corrected chi connectivity index (χ1v) is 8.95. The summed E-state index contributed by atoms with van der Waals surface area (Å²) >= 11 is 0. The smallest absolute Gasteiger partial charge is 0.0237 e. The number of halogens is 1. The number of hydrogen-bond acceptors (Lipinski definition) is 2. The fourth-order valence-electron chi connectivity index (χ4n) is 2.96. The third-order valence-electron chi connectivity index (χ3n) is 4.27. The Morgan fingerprint density at radius 1 is 0.577 bits per heavy atom. The molecular weight excluding hydrogens is 340 g/mol. The maximum absolute atomic E-state index is 3.56. The molecule has 0 unspecified atom stereocenters. The van der Waals surface area contributed by atoms with E-state index in [4.69, 9.17) is 0 Å². The summed E-state index contributed by atoms with van der Waals surface area (Å²) in [5.41, 5.74) is 4.06. The molecule has 0 aliphatic heterocycles. The van der Waals surface area contributed by atoms with Crippen molar-refractivity contribution in [3.05, 3.63) is 108 Å². The van der Waals surface area contributed by atoms with Crippen molar-refractivity contribution in [1.29, 1.82) is 0 Å². The molecule has 0 aliphatic rings. The molecule has 0 bridgehead atoms. The minimum atomic E-state index is 0. The quantitative estimate of drug-likeness (QED) is 0.542. The summed E-state index contributed by atoms with van der Waals surface area (Å²) in [4.78, 5) is 2.50. The highest BCUT2D eigenvalue weighted by atomic mass is 35.5. The summed E-state index contributed by atoms with van der Waals surface area (Å²) in [5, 5.41) is 3.56. The Balaban J connectivity index is 0.00000243. The molecule has 0 amide bonds. The molecule has 0 saturated heterocycles. The lowest BCUT2D eigenvalue weighted by Crippen LogP contribution is -2.31. The molecule has 136 valence electrons. The molecule has 0 radical (unpaired) electrons. The number of rotatable bonds is 9. The Morgan fingerprint density at radius 3 is 1.46 bits per heavy atom. The minimum Gasteiger partial charge on any atom is -0.311 e. The molecule has 0 aromatic heterocycles. The van der Waals surface area contributed by atoms with Crippen molar-refractivity contribution < 1.29 is 0 Å². The average Bonchev–Trinajstić information content (AvgIpc) is 2.67. The predicted molar refractivity (Wildman–Crippen MR) is 112 cm³/mol. The maximum atomic E-state index is 3.56. The van der Waals surface area contributed by atoms with Gasteiger partial charge in [0.15, 0.2) is 0 Å². The summed E-state index contributed by atoms with van der Waals surface area (Å²) < 4.78 is 0. The van der Waals surface area contributed by atoms with Crippen LogP contribution in [-0.2, 0) is 19.6 Å². The van der Waals surface area contributed by atoms with Gasteiger partial charge in [-0.2, -0.15) is 0 Å². The first-order chi connectivity index (χ1) is 12.4. The Bertz CT molecular complexity index is 675. The second-order valence-electron chi connectivity index (χ2n) is 6.34. The van der Waals surface area contributed by atoms with Gasteiger partial charge in [-0.15, -0.1) is 12.4 Å². The van der Waals surface area contributed by atoms with E-state index in [2.05, 4.69) is 101 Å². The Labute approximate surface area is 163 Å². The second-order valence-corrected chi connectivity index (χ2v) is 6.34. The fourth-order valence-corrected chi connectivity index (χ4v) is 2.96. The maximum Gasteiger partial charge on any atom is 0.0237 e. The van der Waals surface area contributed by atoms with Gasteiger partial charge in [-0.25, -0.2) is 0 Å². The van der Waals surface area contributed by atoms with Crippen molar-refractivity contribution in [3.63, 3.8) is 0 Å². The molecule has 0 saturated carbocycles.